The SMILES string of the molecule is O=PCC=Cc1ccccc1. The van der Waals surface area contributed by atoms with Crippen molar-refractivity contribution in [3.63, 3.8) is 0 Å². The lowest BCUT2D eigenvalue weighted by atomic mass is 10.2. The molecule has 0 aliphatic carbocycles. The first kappa shape index (κ1) is 8.16. The minimum atomic E-state index is 0.178. The van der Waals surface area contributed by atoms with Gasteiger partial charge < -0.3 is 0 Å². The highest BCUT2D eigenvalue weighted by Gasteiger charge is 1.80. The van der Waals surface area contributed by atoms with Crippen molar-refractivity contribution in [1.29, 1.82) is 0 Å². The fourth-order valence-electron chi connectivity index (χ4n) is 0.796. The maximum Gasteiger partial charge on any atom is 0.159 e. The summed E-state index contributed by atoms with van der Waals surface area (Å²) >= 11 is 0. The first-order valence-corrected chi connectivity index (χ1v) is 4.44. The van der Waals surface area contributed by atoms with E-state index in [9.17, 15) is 4.57 Å². The number of benzene rings is 1. The molecule has 1 nitrogen and oxygen atoms in total. The van der Waals surface area contributed by atoms with Crippen molar-refractivity contribution in [1.82, 2.24) is 0 Å². The Kier molecular flexibility index (Phi) is 3.57. The van der Waals surface area contributed by atoms with Gasteiger partial charge in [0.2, 0.25) is 0 Å². The van der Waals surface area contributed by atoms with Crippen LogP contribution in [-0.4, -0.2) is 6.16 Å². The van der Waals surface area contributed by atoms with Crippen LogP contribution >= 0.6 is 8.46 Å². The topological polar surface area (TPSA) is 17.1 Å². The Hall–Kier alpha value is -0.940. The zero-order valence-corrected chi connectivity index (χ0v) is 7.00. The molecule has 0 saturated carbocycles. The molecule has 0 aliphatic heterocycles. The van der Waals surface area contributed by atoms with E-state index < -0.39 is 0 Å². The summed E-state index contributed by atoms with van der Waals surface area (Å²) in [6.45, 7) is 0. The molecule has 0 fully saturated rings. The highest BCUT2D eigenvalue weighted by molar-refractivity contribution is 7.23. The number of rotatable bonds is 3. The standard InChI is InChI=1S/C9H9OP/c10-11-8-4-7-9-5-2-1-3-6-9/h1-7H,8H2. The van der Waals surface area contributed by atoms with Crippen LogP contribution < -0.4 is 0 Å². The number of hydrogen-bond donors (Lipinski definition) is 0. The van der Waals surface area contributed by atoms with Gasteiger partial charge in [0, 0.05) is 6.16 Å². The third-order valence-corrected chi connectivity index (χ3v) is 1.65. The molecule has 0 atom stereocenters. The van der Waals surface area contributed by atoms with Gasteiger partial charge in [0.15, 0.2) is 8.46 Å². The van der Waals surface area contributed by atoms with Crippen LogP contribution in [0.3, 0.4) is 0 Å². The maximum absolute atomic E-state index is 10.0. The summed E-state index contributed by atoms with van der Waals surface area (Å²) in [5.41, 5.74) is 1.15. The van der Waals surface area contributed by atoms with E-state index in [1.165, 1.54) is 0 Å². The van der Waals surface area contributed by atoms with E-state index in [-0.39, 0.29) is 8.46 Å². The molecule has 0 N–H and O–H groups in total. The van der Waals surface area contributed by atoms with E-state index in [2.05, 4.69) is 0 Å². The molecule has 0 heterocycles. The summed E-state index contributed by atoms with van der Waals surface area (Å²) in [4.78, 5) is 0. The molecule has 1 aromatic carbocycles. The van der Waals surface area contributed by atoms with Gasteiger partial charge in [-0.3, -0.25) is 4.57 Å². The fraction of sp³-hybridized carbons (Fsp3) is 0.111. The molecule has 0 spiro atoms. The van der Waals surface area contributed by atoms with Crippen molar-refractivity contribution in [2.45, 2.75) is 0 Å². The Morgan fingerprint density at radius 3 is 2.64 bits per heavy atom. The van der Waals surface area contributed by atoms with E-state index in [0.29, 0.717) is 6.16 Å². The van der Waals surface area contributed by atoms with Crippen molar-refractivity contribution in [2.75, 3.05) is 6.16 Å². The quantitative estimate of drug-likeness (QED) is 0.627. The Morgan fingerprint density at radius 1 is 1.27 bits per heavy atom. The van der Waals surface area contributed by atoms with E-state index in [0.717, 1.165) is 5.56 Å². The lowest BCUT2D eigenvalue weighted by Crippen LogP contribution is -1.68. The number of hydrogen-bond acceptors (Lipinski definition) is 1. The van der Waals surface area contributed by atoms with Gasteiger partial charge in [-0.15, -0.1) is 0 Å². The second kappa shape index (κ2) is 4.81. The molecule has 0 bridgehead atoms. The molecular formula is C9H9OP. The first-order chi connectivity index (χ1) is 5.43. The molecule has 0 amide bonds. The second-order valence-electron chi connectivity index (χ2n) is 2.12. The maximum atomic E-state index is 10.0. The molecule has 1 aromatic rings. The molecule has 0 unspecified atom stereocenters. The van der Waals surface area contributed by atoms with Gasteiger partial charge >= 0.3 is 0 Å². The van der Waals surface area contributed by atoms with Crippen molar-refractivity contribution in [3.8, 4) is 0 Å². The third-order valence-electron chi connectivity index (χ3n) is 1.29. The zero-order valence-electron chi connectivity index (χ0n) is 6.10. The normalized spacial score (nSPS) is 10.9. The van der Waals surface area contributed by atoms with Gasteiger partial charge in [0.25, 0.3) is 0 Å². The van der Waals surface area contributed by atoms with E-state index in [1.54, 1.807) is 0 Å². The van der Waals surface area contributed by atoms with E-state index in [4.69, 9.17) is 0 Å². The van der Waals surface area contributed by atoms with Crippen LogP contribution in [0.4, 0.5) is 0 Å². The minimum Gasteiger partial charge on any atom is -0.275 e. The highest BCUT2D eigenvalue weighted by Crippen LogP contribution is 2.02. The van der Waals surface area contributed by atoms with Crippen LogP contribution in [0.25, 0.3) is 6.08 Å². The monoisotopic (exact) mass is 164 g/mol. The highest BCUT2D eigenvalue weighted by atomic mass is 31.1. The first-order valence-electron chi connectivity index (χ1n) is 3.44. The van der Waals surface area contributed by atoms with Crippen LogP contribution in [0.15, 0.2) is 36.4 Å². The van der Waals surface area contributed by atoms with Gasteiger partial charge in [0.1, 0.15) is 0 Å². The van der Waals surface area contributed by atoms with E-state index >= 15 is 0 Å². The van der Waals surface area contributed by atoms with Crippen molar-refractivity contribution < 1.29 is 4.57 Å². The molecule has 0 saturated heterocycles. The Bertz CT molecular complexity index is 241. The number of allylic oxidation sites excluding steroid dienone is 1. The van der Waals surface area contributed by atoms with Crippen LogP contribution in [-0.2, 0) is 4.57 Å². The molecule has 2 heteroatoms. The summed E-state index contributed by atoms with van der Waals surface area (Å²) in [5, 5.41) is 0. The summed E-state index contributed by atoms with van der Waals surface area (Å²) in [5.74, 6) is 0. The van der Waals surface area contributed by atoms with Crippen molar-refractivity contribution in [2.24, 2.45) is 0 Å². The predicted octanol–water partition coefficient (Wildman–Crippen LogP) is 2.99. The van der Waals surface area contributed by atoms with Crippen LogP contribution in [0.2, 0.25) is 0 Å². The summed E-state index contributed by atoms with van der Waals surface area (Å²) in [6, 6.07) is 9.96. The smallest absolute Gasteiger partial charge is 0.159 e. The van der Waals surface area contributed by atoms with Gasteiger partial charge in [-0.2, -0.15) is 0 Å². The van der Waals surface area contributed by atoms with Gasteiger partial charge in [-0.05, 0) is 5.56 Å². The Labute approximate surface area is 68.0 Å². The second-order valence-corrected chi connectivity index (χ2v) is 2.75. The van der Waals surface area contributed by atoms with Crippen LogP contribution in [0.5, 0.6) is 0 Å². The molecule has 0 aromatic heterocycles. The summed E-state index contributed by atoms with van der Waals surface area (Å²) in [7, 11) is 0.178. The summed E-state index contributed by atoms with van der Waals surface area (Å²) < 4.78 is 10.0. The van der Waals surface area contributed by atoms with Crippen molar-refractivity contribution in [3.05, 3.63) is 42.0 Å². The van der Waals surface area contributed by atoms with Gasteiger partial charge in [0.05, 0.1) is 0 Å². The Balaban J connectivity index is 2.57. The minimum absolute atomic E-state index is 0.178. The summed E-state index contributed by atoms with van der Waals surface area (Å²) in [6.07, 6.45) is 4.45. The van der Waals surface area contributed by atoms with Crippen LogP contribution in [0.1, 0.15) is 5.56 Å². The predicted molar refractivity (Wildman–Crippen MR) is 47.9 cm³/mol. The molecule has 0 radical (unpaired) electrons. The third kappa shape index (κ3) is 3.10. The molecule has 11 heavy (non-hydrogen) atoms. The zero-order chi connectivity index (χ0) is 7.94. The fourth-order valence-corrected chi connectivity index (χ4v) is 0.987. The largest absolute Gasteiger partial charge is 0.275 e. The van der Waals surface area contributed by atoms with Gasteiger partial charge in [-0.25, -0.2) is 0 Å². The van der Waals surface area contributed by atoms with Crippen molar-refractivity contribution >= 4 is 14.5 Å². The lowest BCUT2D eigenvalue weighted by molar-refractivity contribution is 0.600. The van der Waals surface area contributed by atoms with Crippen LogP contribution in [0, 0.1) is 0 Å². The van der Waals surface area contributed by atoms with Gasteiger partial charge in [-0.1, -0.05) is 42.5 Å². The van der Waals surface area contributed by atoms with E-state index in [1.807, 2.05) is 42.5 Å². The molecule has 1 rings (SSSR count). The molecule has 0 aliphatic rings. The Morgan fingerprint density at radius 2 is 2.00 bits per heavy atom. The average Bonchev–Trinajstić information content (AvgIpc) is 2.07. The molecule has 56 valence electrons. The molecular weight excluding hydrogens is 155 g/mol. The average molecular weight is 164 g/mol. The lowest BCUT2D eigenvalue weighted by Gasteiger charge is -1.88.